The third-order valence-electron chi connectivity index (χ3n) is 3.34. The molecule has 2 heterocycles. The summed E-state index contributed by atoms with van der Waals surface area (Å²) in [6.07, 6.45) is 1.92. The number of benzene rings is 1. The van der Waals surface area contributed by atoms with Crippen LogP contribution in [0.25, 0.3) is 11.1 Å². The maximum absolute atomic E-state index is 12.3. The first-order valence-corrected chi connectivity index (χ1v) is 8.20. The topological polar surface area (TPSA) is 98.2 Å². The van der Waals surface area contributed by atoms with Crippen LogP contribution in [0.5, 0.6) is 0 Å². The molecule has 3 aromatic rings. The average molecular weight is 321 g/mol. The van der Waals surface area contributed by atoms with Gasteiger partial charge < -0.3 is 8.94 Å². The Bertz CT molecular complexity index is 892. The van der Waals surface area contributed by atoms with Crippen molar-refractivity contribution in [1.29, 1.82) is 0 Å². The van der Waals surface area contributed by atoms with E-state index in [0.717, 1.165) is 11.1 Å². The summed E-state index contributed by atoms with van der Waals surface area (Å²) in [4.78, 5) is 4.15. The van der Waals surface area contributed by atoms with E-state index >= 15 is 0 Å². The Morgan fingerprint density at radius 3 is 2.82 bits per heavy atom. The van der Waals surface area contributed by atoms with Crippen LogP contribution in [0, 0.1) is 13.8 Å². The van der Waals surface area contributed by atoms with Gasteiger partial charge in [0.2, 0.25) is 10.0 Å². The Labute approximate surface area is 127 Å². The lowest BCUT2D eigenvalue weighted by molar-refractivity contribution is 0.390. The number of aromatic nitrogens is 2. The number of rotatable bonds is 5. The van der Waals surface area contributed by atoms with Crippen molar-refractivity contribution in [2.75, 3.05) is 6.54 Å². The molecule has 0 aliphatic rings. The molecule has 0 aliphatic carbocycles. The van der Waals surface area contributed by atoms with Gasteiger partial charge in [0.25, 0.3) is 0 Å². The molecule has 1 N–H and O–H groups in total. The van der Waals surface area contributed by atoms with Crippen molar-refractivity contribution in [2.24, 2.45) is 0 Å². The highest BCUT2D eigenvalue weighted by atomic mass is 32.2. The average Bonchev–Trinajstić information content (AvgIpc) is 3.05. The fourth-order valence-electron chi connectivity index (χ4n) is 2.32. The van der Waals surface area contributed by atoms with E-state index < -0.39 is 10.0 Å². The van der Waals surface area contributed by atoms with Gasteiger partial charge in [0.15, 0.2) is 17.7 Å². The second-order valence-electron chi connectivity index (χ2n) is 4.96. The third-order valence-corrected chi connectivity index (χ3v) is 5.04. The third kappa shape index (κ3) is 2.75. The minimum absolute atomic E-state index is 0.109. The van der Waals surface area contributed by atoms with Crippen LogP contribution in [-0.2, 0) is 16.4 Å². The summed E-state index contributed by atoms with van der Waals surface area (Å²) in [5.74, 6) is 0.285. The molecule has 0 spiro atoms. The molecule has 22 heavy (non-hydrogen) atoms. The van der Waals surface area contributed by atoms with Crippen LogP contribution in [-0.4, -0.2) is 25.1 Å². The molecule has 0 fully saturated rings. The van der Waals surface area contributed by atoms with E-state index in [-0.39, 0.29) is 17.2 Å². The summed E-state index contributed by atoms with van der Waals surface area (Å²) in [7, 11) is -3.62. The summed E-state index contributed by atoms with van der Waals surface area (Å²) in [5.41, 5.74) is 2.78. The molecule has 0 atom stereocenters. The monoisotopic (exact) mass is 321 g/mol. The maximum Gasteiger partial charge on any atom is 0.245 e. The van der Waals surface area contributed by atoms with Gasteiger partial charge in [0, 0.05) is 6.54 Å². The minimum Gasteiger partial charge on any atom is -0.443 e. The molecule has 0 unspecified atom stereocenters. The molecule has 2 aromatic heterocycles. The Balaban J connectivity index is 1.69. The molecular formula is C14H15N3O4S. The fraction of sp³-hybridized carbons (Fsp3) is 0.286. The Kier molecular flexibility index (Phi) is 3.71. The van der Waals surface area contributed by atoms with Crippen molar-refractivity contribution in [3.63, 3.8) is 0 Å². The second-order valence-corrected chi connectivity index (χ2v) is 6.66. The number of fused-ring (bicyclic) bond motifs is 1. The molecule has 3 rings (SSSR count). The number of hydrogen-bond donors (Lipinski definition) is 1. The van der Waals surface area contributed by atoms with Crippen LogP contribution in [0.1, 0.15) is 17.0 Å². The van der Waals surface area contributed by atoms with E-state index in [1.165, 1.54) is 6.39 Å². The first-order chi connectivity index (χ1) is 10.5. The predicted octanol–water partition coefficient (Wildman–Crippen LogP) is 1.95. The van der Waals surface area contributed by atoms with E-state index in [0.29, 0.717) is 17.7 Å². The van der Waals surface area contributed by atoms with Gasteiger partial charge >= 0.3 is 0 Å². The largest absolute Gasteiger partial charge is 0.443 e. The molecule has 0 radical (unpaired) electrons. The highest BCUT2D eigenvalue weighted by molar-refractivity contribution is 7.89. The van der Waals surface area contributed by atoms with E-state index in [1.807, 2.05) is 18.2 Å². The van der Waals surface area contributed by atoms with Crippen molar-refractivity contribution in [1.82, 2.24) is 14.9 Å². The molecule has 0 saturated heterocycles. The van der Waals surface area contributed by atoms with E-state index in [1.54, 1.807) is 13.8 Å². The summed E-state index contributed by atoms with van der Waals surface area (Å²) in [5, 5.41) is 3.66. The fourth-order valence-corrected chi connectivity index (χ4v) is 3.67. The van der Waals surface area contributed by atoms with Gasteiger partial charge in [-0.1, -0.05) is 11.2 Å². The van der Waals surface area contributed by atoms with Gasteiger partial charge in [-0.15, -0.1) is 0 Å². The first-order valence-electron chi connectivity index (χ1n) is 6.72. The molecule has 7 nitrogen and oxygen atoms in total. The molecular weight excluding hydrogens is 306 g/mol. The van der Waals surface area contributed by atoms with Gasteiger partial charge in [-0.05, 0) is 38.0 Å². The van der Waals surface area contributed by atoms with Crippen LogP contribution >= 0.6 is 0 Å². The summed E-state index contributed by atoms with van der Waals surface area (Å²) in [6.45, 7) is 3.45. The van der Waals surface area contributed by atoms with Crippen molar-refractivity contribution in [3.8, 4) is 0 Å². The van der Waals surface area contributed by atoms with Crippen LogP contribution in [0.2, 0.25) is 0 Å². The molecule has 116 valence electrons. The lowest BCUT2D eigenvalue weighted by atomic mass is 10.1. The van der Waals surface area contributed by atoms with Crippen molar-refractivity contribution < 1.29 is 17.4 Å². The van der Waals surface area contributed by atoms with E-state index in [9.17, 15) is 8.42 Å². The molecule has 0 aliphatic heterocycles. The first kappa shape index (κ1) is 14.7. The van der Waals surface area contributed by atoms with Crippen LogP contribution in [0.4, 0.5) is 0 Å². The zero-order chi connectivity index (χ0) is 15.7. The van der Waals surface area contributed by atoms with Crippen molar-refractivity contribution in [3.05, 3.63) is 41.6 Å². The summed E-state index contributed by atoms with van der Waals surface area (Å²) < 4.78 is 37.2. The molecule has 0 amide bonds. The van der Waals surface area contributed by atoms with E-state index in [4.69, 9.17) is 8.94 Å². The Morgan fingerprint density at radius 2 is 2.09 bits per heavy atom. The molecule has 1 aromatic carbocycles. The van der Waals surface area contributed by atoms with Crippen LogP contribution in [0.15, 0.2) is 38.4 Å². The second kappa shape index (κ2) is 5.54. The van der Waals surface area contributed by atoms with Crippen LogP contribution in [0.3, 0.4) is 0 Å². The number of sulfonamides is 1. The van der Waals surface area contributed by atoms with E-state index in [2.05, 4.69) is 14.9 Å². The lowest BCUT2D eigenvalue weighted by Gasteiger charge is -2.06. The highest BCUT2D eigenvalue weighted by Gasteiger charge is 2.23. The number of aryl methyl sites for hydroxylation is 2. The zero-order valence-electron chi connectivity index (χ0n) is 12.2. The van der Waals surface area contributed by atoms with Gasteiger partial charge in [-0.2, -0.15) is 0 Å². The SMILES string of the molecule is Cc1noc(C)c1S(=O)(=O)NCCc1ccc2ncoc2c1. The molecule has 0 bridgehead atoms. The normalized spacial score (nSPS) is 12.1. The van der Waals surface area contributed by atoms with Gasteiger partial charge in [0.1, 0.15) is 16.1 Å². The van der Waals surface area contributed by atoms with Gasteiger partial charge in [0.05, 0.1) is 0 Å². The predicted molar refractivity (Wildman–Crippen MR) is 78.9 cm³/mol. The van der Waals surface area contributed by atoms with Crippen molar-refractivity contribution >= 4 is 21.1 Å². The number of nitrogens with zero attached hydrogens (tertiary/aromatic N) is 2. The zero-order valence-corrected chi connectivity index (χ0v) is 13.0. The Morgan fingerprint density at radius 1 is 1.27 bits per heavy atom. The quantitative estimate of drug-likeness (QED) is 0.771. The minimum atomic E-state index is -3.62. The maximum atomic E-state index is 12.3. The highest BCUT2D eigenvalue weighted by Crippen LogP contribution is 2.19. The van der Waals surface area contributed by atoms with Gasteiger partial charge in [-0.3, -0.25) is 0 Å². The smallest absolute Gasteiger partial charge is 0.245 e. The molecule has 8 heteroatoms. The number of nitrogens with one attached hydrogen (secondary N) is 1. The van der Waals surface area contributed by atoms with Gasteiger partial charge in [-0.25, -0.2) is 18.1 Å². The number of oxazole rings is 1. The summed E-state index contributed by atoms with van der Waals surface area (Å²) in [6, 6.07) is 5.60. The standard InChI is InChI=1S/C14H15N3O4S/c1-9-14(10(2)21-17-9)22(18,19)16-6-5-11-3-4-12-13(7-11)20-8-15-12/h3-4,7-8,16H,5-6H2,1-2H3. The Hall–Kier alpha value is -2.19. The lowest BCUT2D eigenvalue weighted by Crippen LogP contribution is -2.26. The molecule has 0 saturated carbocycles. The van der Waals surface area contributed by atoms with Crippen LogP contribution < -0.4 is 4.72 Å². The van der Waals surface area contributed by atoms with Crippen molar-refractivity contribution in [2.45, 2.75) is 25.2 Å². The number of hydrogen-bond acceptors (Lipinski definition) is 6. The summed E-state index contributed by atoms with van der Waals surface area (Å²) >= 11 is 0.